The first kappa shape index (κ1) is 19.6. The van der Waals surface area contributed by atoms with Crippen LogP contribution in [-0.2, 0) is 14.4 Å². The van der Waals surface area contributed by atoms with E-state index < -0.39 is 12.0 Å². The predicted molar refractivity (Wildman–Crippen MR) is 105 cm³/mol. The van der Waals surface area contributed by atoms with Gasteiger partial charge in [0.2, 0.25) is 5.91 Å². The Morgan fingerprint density at radius 1 is 1.41 bits per heavy atom. The van der Waals surface area contributed by atoms with Crippen LogP contribution in [0.15, 0.2) is 27.7 Å². The Morgan fingerprint density at radius 3 is 2.93 bits per heavy atom. The van der Waals surface area contributed by atoms with Crippen LogP contribution in [0.25, 0.3) is 6.08 Å². The van der Waals surface area contributed by atoms with E-state index in [1.54, 1.807) is 18.2 Å². The maximum Gasteiger partial charge on any atom is 0.326 e. The van der Waals surface area contributed by atoms with Gasteiger partial charge in [0, 0.05) is 25.6 Å². The van der Waals surface area contributed by atoms with Crippen molar-refractivity contribution in [3.05, 3.63) is 29.1 Å². The molecule has 2 amide bonds. The van der Waals surface area contributed by atoms with Crippen molar-refractivity contribution in [2.24, 2.45) is 0 Å². The van der Waals surface area contributed by atoms with Crippen LogP contribution < -0.4 is 0 Å². The number of hydrogen-bond acceptors (Lipinski definition) is 6. The van der Waals surface area contributed by atoms with Crippen LogP contribution in [0, 0.1) is 0 Å². The minimum atomic E-state index is -0.956. The SMILES string of the molecule is O=C(O)[C@H]1CCCCN1C(=O)CCCN1C(=O)/C(=C\c2ccco2)SC1=S. The molecule has 0 radical (unpaired) electrons. The molecule has 27 heavy (non-hydrogen) atoms. The molecule has 3 rings (SSSR count). The molecule has 144 valence electrons. The average molecular weight is 409 g/mol. The van der Waals surface area contributed by atoms with Gasteiger partial charge in [0.1, 0.15) is 16.1 Å². The van der Waals surface area contributed by atoms with Crippen LogP contribution >= 0.6 is 24.0 Å². The zero-order chi connectivity index (χ0) is 19.4. The van der Waals surface area contributed by atoms with Crippen molar-refractivity contribution >= 4 is 52.2 Å². The van der Waals surface area contributed by atoms with E-state index >= 15 is 0 Å². The Kier molecular flexibility index (Phi) is 6.33. The highest BCUT2D eigenvalue weighted by atomic mass is 32.2. The first-order chi connectivity index (χ1) is 13.0. The van der Waals surface area contributed by atoms with Crippen molar-refractivity contribution in [2.45, 2.75) is 38.1 Å². The number of carboxylic acids is 1. The molecular formula is C18H20N2O5S2. The van der Waals surface area contributed by atoms with Gasteiger partial charge in [-0.2, -0.15) is 0 Å². The van der Waals surface area contributed by atoms with Crippen LogP contribution in [0.5, 0.6) is 0 Å². The number of carbonyl (C=O) groups is 3. The smallest absolute Gasteiger partial charge is 0.326 e. The monoisotopic (exact) mass is 408 g/mol. The van der Waals surface area contributed by atoms with Gasteiger partial charge in [-0.25, -0.2) is 4.79 Å². The fourth-order valence-corrected chi connectivity index (χ4v) is 4.50. The van der Waals surface area contributed by atoms with Gasteiger partial charge >= 0.3 is 5.97 Å². The highest BCUT2D eigenvalue weighted by molar-refractivity contribution is 8.26. The lowest BCUT2D eigenvalue weighted by molar-refractivity contribution is -0.152. The zero-order valence-electron chi connectivity index (χ0n) is 14.6. The topological polar surface area (TPSA) is 91.1 Å². The second kappa shape index (κ2) is 8.71. The molecular weight excluding hydrogens is 388 g/mol. The molecule has 1 N–H and O–H groups in total. The van der Waals surface area contributed by atoms with Gasteiger partial charge < -0.3 is 14.4 Å². The number of likely N-dealkylation sites (tertiary alicyclic amines) is 1. The van der Waals surface area contributed by atoms with E-state index in [0.29, 0.717) is 40.9 Å². The molecule has 0 spiro atoms. The number of aliphatic carboxylic acids is 1. The molecule has 2 fully saturated rings. The number of furan rings is 1. The second-order valence-corrected chi connectivity index (χ2v) is 8.07. The summed E-state index contributed by atoms with van der Waals surface area (Å²) < 4.78 is 5.67. The Bertz CT molecular complexity index is 775. The summed E-state index contributed by atoms with van der Waals surface area (Å²) in [4.78, 5) is 39.7. The minimum Gasteiger partial charge on any atom is -0.480 e. The third kappa shape index (κ3) is 4.59. The maximum absolute atomic E-state index is 12.5. The van der Waals surface area contributed by atoms with Crippen molar-refractivity contribution in [1.82, 2.24) is 9.80 Å². The van der Waals surface area contributed by atoms with E-state index in [4.69, 9.17) is 16.6 Å². The van der Waals surface area contributed by atoms with Crippen molar-refractivity contribution in [2.75, 3.05) is 13.1 Å². The molecule has 0 aromatic carbocycles. The van der Waals surface area contributed by atoms with E-state index in [2.05, 4.69) is 0 Å². The second-order valence-electron chi connectivity index (χ2n) is 6.39. The lowest BCUT2D eigenvalue weighted by atomic mass is 10.0. The maximum atomic E-state index is 12.5. The molecule has 0 aliphatic carbocycles. The third-order valence-electron chi connectivity index (χ3n) is 4.57. The summed E-state index contributed by atoms with van der Waals surface area (Å²) in [6, 6.07) is 2.76. The van der Waals surface area contributed by atoms with Crippen LogP contribution in [-0.4, -0.2) is 56.1 Å². The number of rotatable bonds is 6. The zero-order valence-corrected chi connectivity index (χ0v) is 16.3. The summed E-state index contributed by atoms with van der Waals surface area (Å²) in [6.07, 6.45) is 5.94. The molecule has 1 aromatic heterocycles. The molecule has 0 saturated carbocycles. The van der Waals surface area contributed by atoms with E-state index in [9.17, 15) is 19.5 Å². The van der Waals surface area contributed by atoms with Gasteiger partial charge in [0.15, 0.2) is 0 Å². The number of amides is 2. The van der Waals surface area contributed by atoms with Crippen molar-refractivity contribution < 1.29 is 23.9 Å². The third-order valence-corrected chi connectivity index (χ3v) is 5.95. The standard InChI is InChI=1S/C18H20N2O5S2/c21-15(19-8-2-1-6-13(19)17(23)24)7-3-9-20-16(22)14(27-18(20)26)11-12-5-4-10-25-12/h4-5,10-11,13H,1-3,6-9H2,(H,23,24)/b14-11+/t13-/m1/s1. The van der Waals surface area contributed by atoms with Gasteiger partial charge in [-0.15, -0.1) is 0 Å². The molecule has 9 heteroatoms. The fourth-order valence-electron chi connectivity index (χ4n) is 3.21. The van der Waals surface area contributed by atoms with Gasteiger partial charge in [0.05, 0.1) is 11.2 Å². The molecule has 2 aliphatic rings. The predicted octanol–water partition coefficient (Wildman–Crippen LogP) is 2.73. The first-order valence-corrected chi connectivity index (χ1v) is 10.0. The van der Waals surface area contributed by atoms with E-state index in [-0.39, 0.29) is 18.2 Å². The van der Waals surface area contributed by atoms with Crippen molar-refractivity contribution in [3.63, 3.8) is 0 Å². The summed E-state index contributed by atoms with van der Waals surface area (Å²) in [5, 5.41) is 9.28. The molecule has 3 heterocycles. The Hall–Kier alpha value is -2.13. The fraction of sp³-hybridized carbons (Fsp3) is 0.444. The normalized spacial score (nSPS) is 21.9. The van der Waals surface area contributed by atoms with Crippen LogP contribution in [0.2, 0.25) is 0 Å². The lowest BCUT2D eigenvalue weighted by Crippen LogP contribution is -2.48. The molecule has 0 unspecified atom stereocenters. The van der Waals surface area contributed by atoms with E-state index in [1.807, 2.05) is 0 Å². The van der Waals surface area contributed by atoms with Crippen LogP contribution in [0.4, 0.5) is 0 Å². The number of carboxylic acid groups (broad SMARTS) is 1. The van der Waals surface area contributed by atoms with Crippen LogP contribution in [0.3, 0.4) is 0 Å². The largest absolute Gasteiger partial charge is 0.480 e. The van der Waals surface area contributed by atoms with Crippen LogP contribution in [0.1, 0.15) is 37.9 Å². The van der Waals surface area contributed by atoms with E-state index in [1.165, 1.54) is 27.8 Å². The molecule has 7 nitrogen and oxygen atoms in total. The first-order valence-electron chi connectivity index (χ1n) is 8.78. The summed E-state index contributed by atoms with van der Waals surface area (Å²) >= 11 is 6.48. The van der Waals surface area contributed by atoms with Crippen molar-refractivity contribution in [1.29, 1.82) is 0 Å². The Morgan fingerprint density at radius 2 is 2.22 bits per heavy atom. The lowest BCUT2D eigenvalue weighted by Gasteiger charge is -2.33. The summed E-state index contributed by atoms with van der Waals surface area (Å²) in [6.45, 7) is 0.806. The quantitative estimate of drug-likeness (QED) is 0.572. The van der Waals surface area contributed by atoms with E-state index in [0.717, 1.165) is 12.8 Å². The Labute approximate surface area is 166 Å². The van der Waals surface area contributed by atoms with Gasteiger partial charge in [-0.3, -0.25) is 14.5 Å². The number of nitrogens with zero attached hydrogens (tertiary/aromatic N) is 2. The van der Waals surface area contributed by atoms with Gasteiger partial charge in [0.25, 0.3) is 5.91 Å². The Balaban J connectivity index is 1.54. The van der Waals surface area contributed by atoms with Gasteiger partial charge in [-0.1, -0.05) is 24.0 Å². The highest BCUT2D eigenvalue weighted by Gasteiger charge is 2.34. The summed E-state index contributed by atoms with van der Waals surface area (Å²) in [5.74, 6) is -0.757. The molecule has 1 aromatic rings. The number of piperidine rings is 1. The summed E-state index contributed by atoms with van der Waals surface area (Å²) in [7, 11) is 0. The number of thiocarbonyl (C=S) groups is 1. The number of hydrogen-bond donors (Lipinski definition) is 1. The average Bonchev–Trinajstić information content (AvgIpc) is 3.25. The number of carbonyl (C=O) groups excluding carboxylic acids is 2. The molecule has 1 atom stereocenters. The number of thioether (sulfide) groups is 1. The highest BCUT2D eigenvalue weighted by Crippen LogP contribution is 2.32. The van der Waals surface area contributed by atoms with Gasteiger partial charge in [-0.05, 0) is 37.8 Å². The minimum absolute atomic E-state index is 0.182. The van der Waals surface area contributed by atoms with Crippen molar-refractivity contribution in [3.8, 4) is 0 Å². The molecule has 2 aliphatic heterocycles. The molecule has 0 bridgehead atoms. The molecule has 2 saturated heterocycles. The summed E-state index contributed by atoms with van der Waals surface area (Å²) in [5.41, 5.74) is 0.